The fraction of sp³-hybridized carbons (Fsp3) is 0.435. The van der Waals surface area contributed by atoms with E-state index in [1.54, 1.807) is 0 Å². The Hall–Kier alpha value is -2.49. The van der Waals surface area contributed by atoms with Crippen LogP contribution in [0, 0.1) is 0 Å². The number of nitrogens with one attached hydrogen (secondary N) is 1. The minimum absolute atomic E-state index is 0.00690. The number of hydrogen-bond acceptors (Lipinski definition) is 3. The van der Waals surface area contributed by atoms with Gasteiger partial charge in [0.2, 0.25) is 0 Å². The molecule has 0 bridgehead atoms. The molecule has 0 fully saturated rings. The number of carbonyl (C=O) groups is 1. The maximum absolute atomic E-state index is 12.6. The molecule has 0 saturated carbocycles. The van der Waals surface area contributed by atoms with E-state index in [0.29, 0.717) is 6.42 Å². The molecule has 0 radical (unpaired) electrons. The van der Waals surface area contributed by atoms with Crippen molar-refractivity contribution in [3.05, 3.63) is 59.7 Å². The third kappa shape index (κ3) is 4.62. The van der Waals surface area contributed by atoms with Crippen LogP contribution in [0.2, 0.25) is 0 Å². The highest BCUT2D eigenvalue weighted by Gasteiger charge is 2.34. The Morgan fingerprint density at radius 1 is 1.15 bits per heavy atom. The fourth-order valence-electron chi connectivity index (χ4n) is 3.52. The summed E-state index contributed by atoms with van der Waals surface area (Å²) in [5, 5.41) is 3.12. The van der Waals surface area contributed by atoms with Crippen LogP contribution in [0.3, 0.4) is 0 Å². The van der Waals surface area contributed by atoms with Crippen LogP contribution in [0.1, 0.15) is 58.2 Å². The van der Waals surface area contributed by atoms with Gasteiger partial charge < -0.3 is 14.8 Å². The van der Waals surface area contributed by atoms with E-state index < -0.39 is 0 Å². The Labute approximate surface area is 161 Å². The van der Waals surface area contributed by atoms with Crippen molar-refractivity contribution in [2.24, 2.45) is 0 Å². The van der Waals surface area contributed by atoms with Crippen molar-refractivity contribution < 1.29 is 14.3 Å². The van der Waals surface area contributed by atoms with Gasteiger partial charge in [-0.15, -0.1) is 0 Å². The van der Waals surface area contributed by atoms with Gasteiger partial charge in [-0.3, -0.25) is 4.79 Å². The van der Waals surface area contributed by atoms with Gasteiger partial charge in [0.15, 0.2) is 6.61 Å². The van der Waals surface area contributed by atoms with Crippen molar-refractivity contribution in [3.8, 4) is 11.5 Å². The molecule has 3 rings (SSSR count). The third-order valence-corrected chi connectivity index (χ3v) is 4.77. The number of fused-ring (bicyclic) bond motifs is 1. The second-order valence-electron chi connectivity index (χ2n) is 8.76. The van der Waals surface area contributed by atoms with Crippen LogP contribution in [-0.2, 0) is 10.2 Å². The van der Waals surface area contributed by atoms with Crippen LogP contribution in [-0.4, -0.2) is 18.1 Å². The Kier molecular flexibility index (Phi) is 5.18. The quantitative estimate of drug-likeness (QED) is 0.846. The first-order chi connectivity index (χ1) is 12.7. The van der Waals surface area contributed by atoms with Gasteiger partial charge in [-0.1, -0.05) is 57.2 Å². The van der Waals surface area contributed by atoms with Crippen LogP contribution >= 0.6 is 0 Å². The van der Waals surface area contributed by atoms with E-state index in [4.69, 9.17) is 9.47 Å². The summed E-state index contributed by atoms with van der Waals surface area (Å²) in [6.07, 6.45) is 0.717. The summed E-state index contributed by atoms with van der Waals surface area (Å²) < 4.78 is 11.9. The van der Waals surface area contributed by atoms with Crippen molar-refractivity contribution in [1.82, 2.24) is 5.32 Å². The molecule has 0 saturated heterocycles. The fourth-order valence-corrected chi connectivity index (χ4v) is 3.52. The van der Waals surface area contributed by atoms with Gasteiger partial charge in [0, 0.05) is 12.0 Å². The maximum atomic E-state index is 12.6. The molecular weight excluding hydrogens is 338 g/mol. The first kappa shape index (κ1) is 19.3. The van der Waals surface area contributed by atoms with Crippen molar-refractivity contribution in [2.75, 3.05) is 6.61 Å². The van der Waals surface area contributed by atoms with Crippen LogP contribution < -0.4 is 14.8 Å². The number of rotatable bonds is 4. The number of para-hydroxylation sites is 2. The summed E-state index contributed by atoms with van der Waals surface area (Å²) in [6.45, 7) is 10.5. The number of carbonyl (C=O) groups excluding carboxylic acids is 1. The molecule has 0 spiro atoms. The lowest BCUT2D eigenvalue weighted by Crippen LogP contribution is -2.42. The van der Waals surface area contributed by atoms with Gasteiger partial charge in [-0.25, -0.2) is 0 Å². The molecule has 27 heavy (non-hydrogen) atoms. The predicted octanol–water partition coefficient (Wildman–Crippen LogP) is 4.78. The molecule has 0 aromatic heterocycles. The highest BCUT2D eigenvalue weighted by atomic mass is 16.5. The zero-order valence-electron chi connectivity index (χ0n) is 16.8. The number of benzene rings is 2. The van der Waals surface area contributed by atoms with E-state index in [0.717, 1.165) is 22.6 Å². The van der Waals surface area contributed by atoms with Crippen LogP contribution in [0.5, 0.6) is 11.5 Å². The van der Waals surface area contributed by atoms with Crippen molar-refractivity contribution in [3.63, 3.8) is 0 Å². The normalized spacial score (nSPS) is 18.2. The molecule has 4 nitrogen and oxygen atoms in total. The molecule has 2 aromatic carbocycles. The van der Waals surface area contributed by atoms with Crippen LogP contribution in [0.4, 0.5) is 0 Å². The van der Waals surface area contributed by atoms with Gasteiger partial charge in [0.25, 0.3) is 5.91 Å². The molecule has 1 amide bonds. The highest BCUT2D eigenvalue weighted by Crippen LogP contribution is 2.39. The van der Waals surface area contributed by atoms with E-state index >= 15 is 0 Å². The lowest BCUT2D eigenvalue weighted by atomic mass is 9.86. The third-order valence-electron chi connectivity index (χ3n) is 4.77. The zero-order valence-corrected chi connectivity index (χ0v) is 16.8. The average molecular weight is 367 g/mol. The van der Waals surface area contributed by atoms with E-state index in [9.17, 15) is 4.79 Å². The summed E-state index contributed by atoms with van der Waals surface area (Å²) in [4.78, 5) is 12.6. The van der Waals surface area contributed by atoms with E-state index in [1.165, 1.54) is 0 Å². The lowest BCUT2D eigenvalue weighted by Gasteiger charge is -2.37. The molecule has 1 atom stereocenters. The van der Waals surface area contributed by atoms with Gasteiger partial charge in [0.05, 0.1) is 6.04 Å². The molecule has 0 aliphatic carbocycles. The molecule has 1 heterocycles. The van der Waals surface area contributed by atoms with Gasteiger partial charge in [0.1, 0.15) is 17.1 Å². The molecule has 1 aliphatic rings. The Morgan fingerprint density at radius 3 is 2.56 bits per heavy atom. The summed E-state index contributed by atoms with van der Waals surface area (Å²) in [6, 6.07) is 15.7. The molecule has 0 unspecified atom stereocenters. The molecule has 1 N–H and O–H groups in total. The number of amides is 1. The number of hydrogen-bond donors (Lipinski definition) is 1. The van der Waals surface area contributed by atoms with Crippen molar-refractivity contribution >= 4 is 5.91 Å². The van der Waals surface area contributed by atoms with Crippen LogP contribution in [0.25, 0.3) is 0 Å². The van der Waals surface area contributed by atoms with E-state index in [1.807, 2.05) is 62.4 Å². The zero-order chi connectivity index (χ0) is 19.7. The number of ether oxygens (including phenoxy) is 2. The first-order valence-corrected chi connectivity index (χ1v) is 9.45. The van der Waals surface area contributed by atoms with Gasteiger partial charge in [-0.05, 0) is 37.0 Å². The van der Waals surface area contributed by atoms with E-state index in [-0.39, 0.29) is 29.6 Å². The van der Waals surface area contributed by atoms with E-state index in [2.05, 4.69) is 26.1 Å². The standard InChI is InChI=1S/C23H29NO3/c1-22(2,3)17-11-7-9-13-20(17)26-15-21(25)24-18-14-23(4,5)27-19-12-8-6-10-16(18)19/h6-13,18H,14-15H2,1-5H3,(H,24,25)/t18-/m1/s1. The Morgan fingerprint density at radius 2 is 1.81 bits per heavy atom. The van der Waals surface area contributed by atoms with Crippen LogP contribution in [0.15, 0.2) is 48.5 Å². The Bertz CT molecular complexity index is 820. The largest absolute Gasteiger partial charge is 0.487 e. The lowest BCUT2D eigenvalue weighted by molar-refractivity contribution is -0.124. The second kappa shape index (κ2) is 7.26. The predicted molar refractivity (Wildman–Crippen MR) is 107 cm³/mol. The first-order valence-electron chi connectivity index (χ1n) is 9.45. The van der Waals surface area contributed by atoms with Gasteiger partial charge >= 0.3 is 0 Å². The average Bonchev–Trinajstić information content (AvgIpc) is 2.58. The summed E-state index contributed by atoms with van der Waals surface area (Å²) in [5.41, 5.74) is 1.73. The minimum Gasteiger partial charge on any atom is -0.487 e. The SMILES string of the molecule is CC1(C)C[C@@H](NC(=O)COc2ccccc2C(C)(C)C)c2ccccc2O1. The van der Waals surface area contributed by atoms with Crippen molar-refractivity contribution in [2.45, 2.75) is 58.1 Å². The molecular formula is C23H29NO3. The van der Waals surface area contributed by atoms with Gasteiger partial charge in [-0.2, -0.15) is 0 Å². The molecule has 144 valence electrons. The summed E-state index contributed by atoms with van der Waals surface area (Å²) in [5.74, 6) is 1.46. The molecule has 2 aromatic rings. The summed E-state index contributed by atoms with van der Waals surface area (Å²) >= 11 is 0. The minimum atomic E-state index is -0.327. The monoisotopic (exact) mass is 367 g/mol. The Balaban J connectivity index is 1.69. The molecule has 4 heteroatoms. The smallest absolute Gasteiger partial charge is 0.258 e. The maximum Gasteiger partial charge on any atom is 0.258 e. The van der Waals surface area contributed by atoms with Crippen molar-refractivity contribution in [1.29, 1.82) is 0 Å². The topological polar surface area (TPSA) is 47.6 Å². The highest BCUT2D eigenvalue weighted by molar-refractivity contribution is 5.78. The second-order valence-corrected chi connectivity index (χ2v) is 8.76. The summed E-state index contributed by atoms with van der Waals surface area (Å²) in [7, 11) is 0. The molecule has 1 aliphatic heterocycles.